The molecule has 122 valence electrons. The number of aromatic nitrogens is 3. The van der Waals surface area contributed by atoms with Crippen LogP contribution in [0.2, 0.25) is 0 Å². The molecule has 1 N–H and O–H groups in total. The number of hydrogen-bond donors (Lipinski definition) is 1. The number of likely N-dealkylation sites (tertiary alicyclic amines) is 1. The van der Waals surface area contributed by atoms with Gasteiger partial charge in [-0.05, 0) is 43.5 Å². The molecule has 0 unspecified atom stereocenters. The minimum absolute atomic E-state index is 0. The van der Waals surface area contributed by atoms with Crippen molar-refractivity contribution in [3.63, 3.8) is 0 Å². The van der Waals surface area contributed by atoms with Gasteiger partial charge >= 0.3 is 0 Å². The smallest absolute Gasteiger partial charge is 0.253 e. The molecule has 2 fully saturated rings. The lowest BCUT2D eigenvalue weighted by Crippen LogP contribution is -2.41. The van der Waals surface area contributed by atoms with E-state index in [-0.39, 0.29) is 18.3 Å². The van der Waals surface area contributed by atoms with Crippen LogP contribution in [0.15, 0.2) is 36.9 Å². The van der Waals surface area contributed by atoms with Gasteiger partial charge in [-0.15, -0.1) is 22.6 Å². The summed E-state index contributed by atoms with van der Waals surface area (Å²) in [6.45, 7) is 2.76. The second-order valence-electron chi connectivity index (χ2n) is 6.09. The maximum atomic E-state index is 12.8. The Kier molecular flexibility index (Phi) is 4.63. The summed E-state index contributed by atoms with van der Waals surface area (Å²) >= 11 is 0. The first-order chi connectivity index (χ1) is 10.8. The zero-order valence-corrected chi connectivity index (χ0v) is 13.6. The fourth-order valence-electron chi connectivity index (χ4n) is 3.53. The molecule has 7 heteroatoms. The predicted molar refractivity (Wildman–Crippen MR) is 89.0 cm³/mol. The van der Waals surface area contributed by atoms with Crippen LogP contribution < -0.4 is 5.32 Å². The monoisotopic (exact) mass is 333 g/mol. The number of benzene rings is 1. The third kappa shape index (κ3) is 3.09. The van der Waals surface area contributed by atoms with Gasteiger partial charge in [-0.1, -0.05) is 6.07 Å². The van der Waals surface area contributed by atoms with Crippen molar-refractivity contribution in [3.8, 4) is 5.69 Å². The van der Waals surface area contributed by atoms with Crippen LogP contribution in [-0.4, -0.2) is 51.2 Å². The first-order valence-electron chi connectivity index (χ1n) is 7.79. The highest BCUT2D eigenvalue weighted by molar-refractivity contribution is 5.95. The largest absolute Gasteiger partial charge is 0.337 e. The Morgan fingerprint density at radius 3 is 2.83 bits per heavy atom. The van der Waals surface area contributed by atoms with Gasteiger partial charge in [0.1, 0.15) is 12.7 Å². The molecule has 0 saturated carbocycles. The zero-order valence-electron chi connectivity index (χ0n) is 12.8. The van der Waals surface area contributed by atoms with E-state index in [1.165, 1.54) is 12.8 Å². The van der Waals surface area contributed by atoms with Crippen LogP contribution in [-0.2, 0) is 0 Å². The van der Waals surface area contributed by atoms with Gasteiger partial charge < -0.3 is 10.2 Å². The van der Waals surface area contributed by atoms with Crippen LogP contribution in [0.25, 0.3) is 5.69 Å². The Morgan fingerprint density at radius 1 is 1.22 bits per heavy atom. The normalized spacial score (nSPS) is 23.2. The molecular weight excluding hydrogens is 314 g/mol. The standard InChI is InChI=1S/C16H19N5O.ClH/c22-16(20-8-13-4-2-6-17-15(13)9-20)12-3-1-5-14(7-12)21-10-18-19-11-21;/h1,3,5,7,10-11,13,15,17H,2,4,6,8-9H2;1H/t13-,15+;/m0./s1. The first-order valence-corrected chi connectivity index (χ1v) is 7.79. The Labute approximate surface area is 141 Å². The lowest BCUT2D eigenvalue weighted by Gasteiger charge is -2.24. The van der Waals surface area contributed by atoms with E-state index in [0.717, 1.165) is 30.9 Å². The molecule has 1 amide bonds. The molecule has 2 aliphatic heterocycles. The van der Waals surface area contributed by atoms with Crippen LogP contribution in [0.4, 0.5) is 0 Å². The highest BCUT2D eigenvalue weighted by atomic mass is 35.5. The SMILES string of the molecule is Cl.O=C(c1cccc(-n2cnnc2)c1)N1C[C@@H]2CCCN[C@@H]2C1. The number of piperidine rings is 1. The summed E-state index contributed by atoms with van der Waals surface area (Å²) in [6.07, 6.45) is 5.71. The number of amides is 1. The molecule has 0 aliphatic carbocycles. The summed E-state index contributed by atoms with van der Waals surface area (Å²) in [5, 5.41) is 11.2. The first kappa shape index (κ1) is 16.0. The van der Waals surface area contributed by atoms with Gasteiger partial charge in [0.2, 0.25) is 0 Å². The summed E-state index contributed by atoms with van der Waals surface area (Å²) in [7, 11) is 0. The van der Waals surface area contributed by atoms with Gasteiger partial charge in [0.25, 0.3) is 5.91 Å². The minimum atomic E-state index is 0. The second-order valence-corrected chi connectivity index (χ2v) is 6.09. The van der Waals surface area contributed by atoms with Crippen molar-refractivity contribution in [2.75, 3.05) is 19.6 Å². The molecule has 6 nitrogen and oxygen atoms in total. The highest BCUT2D eigenvalue weighted by Crippen LogP contribution is 2.26. The van der Waals surface area contributed by atoms with E-state index in [1.54, 1.807) is 12.7 Å². The van der Waals surface area contributed by atoms with Crippen LogP contribution in [0.5, 0.6) is 0 Å². The zero-order chi connectivity index (χ0) is 14.9. The van der Waals surface area contributed by atoms with Crippen molar-refractivity contribution in [3.05, 3.63) is 42.5 Å². The number of rotatable bonds is 2. The van der Waals surface area contributed by atoms with Crippen molar-refractivity contribution in [1.82, 2.24) is 25.0 Å². The molecule has 1 aromatic carbocycles. The molecule has 0 spiro atoms. The second kappa shape index (κ2) is 6.68. The summed E-state index contributed by atoms with van der Waals surface area (Å²) in [5.41, 5.74) is 1.63. The number of nitrogens with zero attached hydrogens (tertiary/aromatic N) is 4. The van der Waals surface area contributed by atoms with Gasteiger partial charge in [0, 0.05) is 30.4 Å². The number of carbonyl (C=O) groups excluding carboxylic acids is 1. The Morgan fingerprint density at radius 2 is 2.04 bits per heavy atom. The van der Waals surface area contributed by atoms with E-state index in [2.05, 4.69) is 15.5 Å². The third-order valence-corrected chi connectivity index (χ3v) is 4.70. The Hall–Kier alpha value is -1.92. The number of fused-ring (bicyclic) bond motifs is 1. The predicted octanol–water partition coefficient (Wildman–Crippen LogP) is 1.51. The molecule has 2 aromatic rings. The summed E-state index contributed by atoms with van der Waals surface area (Å²) in [4.78, 5) is 14.8. The maximum absolute atomic E-state index is 12.8. The Bertz CT molecular complexity index is 661. The van der Waals surface area contributed by atoms with Crippen LogP contribution >= 0.6 is 12.4 Å². The number of nitrogens with one attached hydrogen (secondary N) is 1. The summed E-state index contributed by atoms with van der Waals surface area (Å²) < 4.78 is 1.81. The molecule has 4 rings (SSSR count). The van der Waals surface area contributed by atoms with Crippen molar-refractivity contribution >= 4 is 18.3 Å². The molecule has 0 bridgehead atoms. The maximum Gasteiger partial charge on any atom is 0.253 e. The number of carbonyl (C=O) groups is 1. The minimum Gasteiger partial charge on any atom is -0.337 e. The molecule has 2 saturated heterocycles. The van der Waals surface area contributed by atoms with E-state index in [9.17, 15) is 4.79 Å². The average molecular weight is 334 g/mol. The molecule has 2 atom stereocenters. The van der Waals surface area contributed by atoms with Gasteiger partial charge in [0.15, 0.2) is 0 Å². The van der Waals surface area contributed by atoms with Crippen LogP contribution in [0.3, 0.4) is 0 Å². The molecular formula is C16H20ClN5O. The van der Waals surface area contributed by atoms with Crippen molar-refractivity contribution in [2.24, 2.45) is 5.92 Å². The third-order valence-electron chi connectivity index (χ3n) is 4.70. The van der Waals surface area contributed by atoms with Gasteiger partial charge in [0.05, 0.1) is 0 Å². The molecule has 3 heterocycles. The van der Waals surface area contributed by atoms with E-state index in [4.69, 9.17) is 0 Å². The van der Waals surface area contributed by atoms with Gasteiger partial charge in [-0.3, -0.25) is 9.36 Å². The summed E-state index contributed by atoms with van der Waals surface area (Å²) in [6, 6.07) is 8.11. The quantitative estimate of drug-likeness (QED) is 0.905. The average Bonchev–Trinajstić information content (AvgIpc) is 3.23. The van der Waals surface area contributed by atoms with E-state index in [0.29, 0.717) is 12.0 Å². The summed E-state index contributed by atoms with van der Waals surface area (Å²) in [5.74, 6) is 0.727. The van der Waals surface area contributed by atoms with E-state index >= 15 is 0 Å². The molecule has 23 heavy (non-hydrogen) atoms. The lowest BCUT2D eigenvalue weighted by atomic mass is 9.94. The molecule has 2 aliphatic rings. The van der Waals surface area contributed by atoms with Crippen LogP contribution in [0.1, 0.15) is 23.2 Å². The van der Waals surface area contributed by atoms with Gasteiger partial charge in [-0.2, -0.15) is 0 Å². The van der Waals surface area contributed by atoms with Crippen molar-refractivity contribution < 1.29 is 4.79 Å². The van der Waals surface area contributed by atoms with Gasteiger partial charge in [-0.25, -0.2) is 0 Å². The number of hydrogen-bond acceptors (Lipinski definition) is 4. The van der Waals surface area contributed by atoms with E-state index < -0.39 is 0 Å². The van der Waals surface area contributed by atoms with Crippen LogP contribution in [0, 0.1) is 5.92 Å². The molecule has 1 aromatic heterocycles. The molecule has 0 radical (unpaired) electrons. The number of halogens is 1. The fourth-order valence-corrected chi connectivity index (χ4v) is 3.53. The highest BCUT2D eigenvalue weighted by Gasteiger charge is 2.36. The van der Waals surface area contributed by atoms with Crippen molar-refractivity contribution in [2.45, 2.75) is 18.9 Å². The fraction of sp³-hybridized carbons (Fsp3) is 0.438. The topological polar surface area (TPSA) is 63.1 Å². The lowest BCUT2D eigenvalue weighted by molar-refractivity contribution is 0.0785. The van der Waals surface area contributed by atoms with E-state index in [1.807, 2.05) is 33.7 Å². The Balaban J connectivity index is 0.00000156. The van der Waals surface area contributed by atoms with Crippen molar-refractivity contribution in [1.29, 1.82) is 0 Å².